The molecule has 0 aliphatic carbocycles. The van der Waals surface area contributed by atoms with Crippen LogP contribution in [-0.2, 0) is 19.1 Å². The first-order valence-electron chi connectivity index (χ1n) is 41.3. The smallest absolute Gasteiger partial charge is 0.306 e. The lowest BCUT2D eigenvalue weighted by atomic mass is 10.0. The first kappa shape index (κ1) is 88.6. The predicted octanol–water partition coefficient (Wildman–Crippen LogP) is 29.2. The van der Waals surface area contributed by atoms with Gasteiger partial charge in [0.1, 0.15) is 6.61 Å². The lowest BCUT2D eigenvalue weighted by Crippen LogP contribution is -2.28. The average Bonchev–Trinajstić information content (AvgIpc) is 3.67. The van der Waals surface area contributed by atoms with Crippen LogP contribution in [0.3, 0.4) is 0 Å². The summed E-state index contributed by atoms with van der Waals surface area (Å²) in [5, 5.41) is 9.74. The van der Waals surface area contributed by atoms with Crippen molar-refractivity contribution in [3.63, 3.8) is 0 Å². The Balaban J connectivity index is 3.36. The molecule has 0 aliphatic rings. The van der Waals surface area contributed by atoms with Crippen molar-refractivity contribution in [1.82, 2.24) is 0 Å². The third-order valence-corrected chi connectivity index (χ3v) is 19.1. The third-order valence-electron chi connectivity index (χ3n) is 19.1. The fourth-order valence-electron chi connectivity index (χ4n) is 12.9. The van der Waals surface area contributed by atoms with Gasteiger partial charge in [0.2, 0.25) is 0 Å². The van der Waals surface area contributed by atoms with Crippen LogP contribution >= 0.6 is 0 Å². The van der Waals surface area contributed by atoms with E-state index in [0.717, 1.165) is 64.2 Å². The van der Waals surface area contributed by atoms with Gasteiger partial charge in [-0.1, -0.05) is 447 Å². The minimum absolute atomic E-state index is 0.0589. The molecular weight excluding hydrogens is 1110 g/mol. The summed E-state index contributed by atoms with van der Waals surface area (Å²) in [4.78, 5) is 24.7. The van der Waals surface area contributed by atoms with E-state index in [-0.39, 0.29) is 25.2 Å². The highest BCUT2D eigenvalue weighted by Gasteiger charge is 2.16. The second kappa shape index (κ2) is 81.8. The van der Waals surface area contributed by atoms with Gasteiger partial charge in [-0.15, -0.1) is 0 Å². The average molecular weight is 1270 g/mol. The summed E-state index contributed by atoms with van der Waals surface area (Å²) in [7, 11) is 0. The Morgan fingerprint density at radius 1 is 0.264 bits per heavy atom. The fraction of sp³-hybridized carbons (Fsp3) is 0.860. The fourth-order valence-corrected chi connectivity index (χ4v) is 12.9. The molecule has 0 aromatic rings. The molecule has 1 unspecified atom stereocenters. The predicted molar refractivity (Wildman–Crippen MR) is 404 cm³/mol. The van der Waals surface area contributed by atoms with Gasteiger partial charge in [0, 0.05) is 12.8 Å². The topological polar surface area (TPSA) is 72.8 Å². The van der Waals surface area contributed by atoms with E-state index in [2.05, 4.69) is 74.6 Å². The quantitative estimate of drug-likeness (QED) is 0.0373. The van der Waals surface area contributed by atoms with E-state index in [0.29, 0.717) is 12.8 Å². The third kappa shape index (κ3) is 80.0. The van der Waals surface area contributed by atoms with Gasteiger partial charge >= 0.3 is 11.9 Å². The number of hydrogen-bond donors (Lipinski definition) is 1. The van der Waals surface area contributed by atoms with E-state index in [4.69, 9.17) is 9.47 Å². The maximum absolute atomic E-state index is 12.4. The molecule has 0 fully saturated rings. The molecule has 0 rings (SSSR count). The van der Waals surface area contributed by atoms with Gasteiger partial charge in [-0.25, -0.2) is 0 Å². The van der Waals surface area contributed by atoms with Crippen molar-refractivity contribution in [2.75, 3.05) is 13.2 Å². The van der Waals surface area contributed by atoms with Gasteiger partial charge in [-0.05, 0) is 57.8 Å². The van der Waals surface area contributed by atoms with Crippen molar-refractivity contribution in [3.8, 4) is 0 Å². The Kier molecular flexibility index (Phi) is 79.7. The molecule has 0 saturated carbocycles. The van der Waals surface area contributed by atoms with Crippen LogP contribution in [0, 0.1) is 0 Å². The number of carbonyl (C=O) groups excluding carboxylic acids is 2. The highest BCUT2D eigenvalue weighted by molar-refractivity contribution is 5.70. The monoisotopic (exact) mass is 1270 g/mol. The van der Waals surface area contributed by atoms with E-state index >= 15 is 0 Å². The van der Waals surface area contributed by atoms with Crippen LogP contribution in [0.15, 0.2) is 60.8 Å². The Labute approximate surface area is 570 Å². The van der Waals surface area contributed by atoms with Gasteiger partial charge in [0.15, 0.2) is 6.10 Å². The summed E-state index contributed by atoms with van der Waals surface area (Å²) in [5.41, 5.74) is 0. The number of aliphatic hydroxyl groups is 1. The van der Waals surface area contributed by atoms with Crippen molar-refractivity contribution in [2.45, 2.75) is 463 Å². The second-order valence-electron chi connectivity index (χ2n) is 28.2. The number of esters is 2. The molecule has 0 aromatic heterocycles. The van der Waals surface area contributed by atoms with Crippen LogP contribution < -0.4 is 0 Å². The van der Waals surface area contributed by atoms with Crippen molar-refractivity contribution in [3.05, 3.63) is 60.8 Å². The van der Waals surface area contributed by atoms with Crippen molar-refractivity contribution in [2.24, 2.45) is 0 Å². The van der Waals surface area contributed by atoms with Crippen LogP contribution in [0.5, 0.6) is 0 Å². The second-order valence-corrected chi connectivity index (χ2v) is 28.2. The summed E-state index contributed by atoms with van der Waals surface area (Å²) in [6.07, 6.45) is 113. The number of rotatable bonds is 78. The highest BCUT2D eigenvalue weighted by atomic mass is 16.6. The van der Waals surface area contributed by atoms with Crippen LogP contribution in [0.25, 0.3) is 0 Å². The van der Waals surface area contributed by atoms with E-state index in [1.165, 1.54) is 366 Å². The number of aliphatic hydroxyl groups excluding tert-OH is 1. The first-order chi connectivity index (χ1) is 45.1. The summed E-state index contributed by atoms with van der Waals surface area (Å²) in [5.74, 6) is -0.562. The van der Waals surface area contributed by atoms with Crippen LogP contribution in [0.4, 0.5) is 0 Å². The molecule has 0 aromatic carbocycles. The Hall–Kier alpha value is -2.40. The lowest BCUT2D eigenvalue weighted by molar-refractivity contribution is -0.161. The summed E-state index contributed by atoms with van der Waals surface area (Å²) in [6, 6.07) is 0. The molecule has 0 radical (unpaired) electrons. The minimum atomic E-state index is -0.771. The molecule has 0 spiro atoms. The number of hydrogen-bond acceptors (Lipinski definition) is 5. The largest absolute Gasteiger partial charge is 0.462 e. The Morgan fingerprint density at radius 3 is 0.714 bits per heavy atom. The molecule has 0 amide bonds. The highest BCUT2D eigenvalue weighted by Crippen LogP contribution is 2.21. The summed E-state index contributed by atoms with van der Waals surface area (Å²) < 4.78 is 10.8. The number of unbranched alkanes of at least 4 members (excludes halogenated alkanes) is 60. The molecule has 91 heavy (non-hydrogen) atoms. The molecule has 5 nitrogen and oxygen atoms in total. The molecular formula is C86H160O5. The van der Waals surface area contributed by atoms with Crippen LogP contribution in [-0.4, -0.2) is 36.4 Å². The molecule has 0 bridgehead atoms. The van der Waals surface area contributed by atoms with Gasteiger partial charge in [-0.2, -0.15) is 0 Å². The van der Waals surface area contributed by atoms with Gasteiger partial charge < -0.3 is 14.6 Å². The summed E-state index contributed by atoms with van der Waals surface area (Å²) >= 11 is 0. The van der Waals surface area contributed by atoms with Crippen molar-refractivity contribution in [1.29, 1.82) is 0 Å². The normalized spacial score (nSPS) is 12.4. The number of carbonyl (C=O) groups is 2. The van der Waals surface area contributed by atoms with Gasteiger partial charge in [0.05, 0.1) is 6.61 Å². The van der Waals surface area contributed by atoms with E-state index < -0.39 is 6.10 Å². The van der Waals surface area contributed by atoms with Gasteiger partial charge in [-0.3, -0.25) is 9.59 Å². The molecule has 0 aliphatic heterocycles. The van der Waals surface area contributed by atoms with E-state index in [1.807, 2.05) is 0 Å². The maximum Gasteiger partial charge on any atom is 0.306 e. The van der Waals surface area contributed by atoms with Crippen LogP contribution in [0.1, 0.15) is 457 Å². The number of allylic oxidation sites excluding steroid dienone is 10. The Bertz CT molecular complexity index is 1540. The first-order valence-corrected chi connectivity index (χ1v) is 41.3. The van der Waals surface area contributed by atoms with E-state index in [9.17, 15) is 14.7 Å². The van der Waals surface area contributed by atoms with Crippen molar-refractivity contribution < 1.29 is 24.2 Å². The van der Waals surface area contributed by atoms with Crippen LogP contribution in [0.2, 0.25) is 0 Å². The molecule has 0 saturated heterocycles. The molecule has 534 valence electrons. The lowest BCUT2D eigenvalue weighted by Gasteiger charge is -2.15. The molecule has 0 heterocycles. The standard InChI is InChI=1S/C86H160O5/c1-3-5-7-9-11-13-15-17-19-21-23-25-27-29-31-33-35-37-39-41-43-45-47-49-51-53-55-57-59-61-63-65-67-69-71-73-75-77-79-81-86(89)91-84(82-87)83-90-85(88)80-78-76-74-72-70-68-66-64-62-60-58-56-54-52-50-48-46-44-42-40-38-36-34-32-30-28-26-24-22-20-18-16-14-12-10-8-6-4-2/h5,7,11,13,17,19,23,25,29,31,84,87H,3-4,6,8-10,12,14-16,18,20-22,24,26-28,30,32-83H2,1-2H3/b7-5-,13-11-,19-17-,25-23-,31-29-. The SMILES string of the molecule is CC/C=C\C/C=C\C/C=C\C/C=C\C/C=C\CCCCCCCCCCCCCCCCCCCCCCCCCC(=O)OC(CO)COC(=O)CCCCCCCCCCCCCCCCCCCCCCCCCCCCCCCCCCCCCCCC. The zero-order chi connectivity index (χ0) is 65.4. The Morgan fingerprint density at radius 2 is 0.473 bits per heavy atom. The summed E-state index contributed by atoms with van der Waals surface area (Å²) in [6.45, 7) is 4.10. The number of ether oxygens (including phenoxy) is 2. The zero-order valence-corrected chi connectivity index (χ0v) is 61.6. The molecule has 5 heteroatoms. The molecule has 1 atom stereocenters. The maximum atomic E-state index is 12.4. The van der Waals surface area contributed by atoms with Gasteiger partial charge in [0.25, 0.3) is 0 Å². The van der Waals surface area contributed by atoms with E-state index in [1.54, 1.807) is 0 Å². The molecule has 1 N–H and O–H groups in total. The minimum Gasteiger partial charge on any atom is -0.462 e. The zero-order valence-electron chi connectivity index (χ0n) is 61.6. The van der Waals surface area contributed by atoms with Crippen molar-refractivity contribution >= 4 is 11.9 Å².